The van der Waals surface area contributed by atoms with Gasteiger partial charge in [0.2, 0.25) is 0 Å². The van der Waals surface area contributed by atoms with Gasteiger partial charge in [-0.15, -0.1) is 35.3 Å². The maximum absolute atomic E-state index is 5.87. The Labute approximate surface area is 157 Å². The van der Waals surface area contributed by atoms with Crippen LogP contribution in [-0.2, 0) is 13.0 Å². The van der Waals surface area contributed by atoms with E-state index in [-0.39, 0.29) is 24.0 Å². The van der Waals surface area contributed by atoms with Gasteiger partial charge in [-0.1, -0.05) is 23.7 Å². The number of aliphatic imine (C=N–C) groups is 1. The smallest absolute Gasteiger partial charge is 0.191 e. The predicted octanol–water partition coefficient (Wildman–Crippen LogP) is 3.63. The fraction of sp³-hybridized carbons (Fsp3) is 0.333. The number of aromatic nitrogens is 1. The van der Waals surface area contributed by atoms with E-state index in [9.17, 15) is 0 Å². The highest BCUT2D eigenvalue weighted by Gasteiger charge is 2.01. The highest BCUT2D eigenvalue weighted by atomic mass is 127. The molecule has 0 radical (unpaired) electrons. The number of hydrogen-bond acceptors (Lipinski definition) is 3. The largest absolute Gasteiger partial charge is 0.356 e. The van der Waals surface area contributed by atoms with Crippen LogP contribution in [0.4, 0.5) is 0 Å². The number of guanidine groups is 1. The molecule has 0 aliphatic carbocycles. The molecule has 0 aliphatic rings. The van der Waals surface area contributed by atoms with Gasteiger partial charge in [0.15, 0.2) is 5.96 Å². The summed E-state index contributed by atoms with van der Waals surface area (Å²) in [4.78, 5) is 8.65. The number of rotatable bonds is 5. The van der Waals surface area contributed by atoms with Crippen molar-refractivity contribution < 1.29 is 0 Å². The van der Waals surface area contributed by atoms with Gasteiger partial charge in [-0.05, 0) is 24.6 Å². The van der Waals surface area contributed by atoms with E-state index >= 15 is 0 Å². The number of nitrogens with zero attached hydrogens (tertiary/aromatic N) is 2. The standard InChI is InChI=1S/C15H19ClN4S.HI/c1-11-20-14(10-21-11)7-8-18-15(17-2)19-9-12-3-5-13(16)6-4-12;/h3-6,10H,7-9H2,1-2H3,(H2,17,18,19);1H. The van der Waals surface area contributed by atoms with Crippen molar-refractivity contribution in [2.24, 2.45) is 4.99 Å². The number of thiazole rings is 1. The van der Waals surface area contributed by atoms with Gasteiger partial charge in [-0.25, -0.2) is 4.98 Å². The molecule has 0 saturated carbocycles. The van der Waals surface area contributed by atoms with E-state index in [1.54, 1.807) is 18.4 Å². The van der Waals surface area contributed by atoms with Gasteiger partial charge in [0.1, 0.15) is 0 Å². The van der Waals surface area contributed by atoms with Crippen molar-refractivity contribution in [1.82, 2.24) is 15.6 Å². The molecule has 1 heterocycles. The molecule has 2 rings (SSSR count). The van der Waals surface area contributed by atoms with Crippen molar-refractivity contribution in [3.05, 3.63) is 50.9 Å². The molecule has 0 aliphatic heterocycles. The Balaban J connectivity index is 0.00000242. The lowest BCUT2D eigenvalue weighted by Gasteiger charge is -2.11. The fourth-order valence-electron chi connectivity index (χ4n) is 1.84. The SMILES string of the molecule is CN=C(NCCc1csc(C)n1)NCc1ccc(Cl)cc1.I. The average Bonchev–Trinajstić information content (AvgIpc) is 2.90. The van der Waals surface area contributed by atoms with Crippen LogP contribution >= 0.6 is 46.9 Å². The molecular formula is C15H20ClIN4S. The summed E-state index contributed by atoms with van der Waals surface area (Å²) >= 11 is 7.55. The maximum atomic E-state index is 5.87. The quantitative estimate of drug-likeness (QED) is 0.415. The zero-order valence-electron chi connectivity index (χ0n) is 12.6. The Morgan fingerprint density at radius 3 is 2.59 bits per heavy atom. The summed E-state index contributed by atoms with van der Waals surface area (Å²) < 4.78 is 0. The predicted molar refractivity (Wildman–Crippen MR) is 106 cm³/mol. The Morgan fingerprint density at radius 1 is 1.27 bits per heavy atom. The summed E-state index contributed by atoms with van der Waals surface area (Å²) in [5.74, 6) is 0.789. The van der Waals surface area contributed by atoms with Crippen LogP contribution in [0.3, 0.4) is 0 Å². The number of aryl methyl sites for hydroxylation is 1. The zero-order chi connectivity index (χ0) is 15.1. The second-order valence-corrected chi connectivity index (χ2v) is 6.09. The Hall–Kier alpha value is -0.860. The minimum absolute atomic E-state index is 0. The minimum Gasteiger partial charge on any atom is -0.356 e. The van der Waals surface area contributed by atoms with Gasteiger partial charge in [0.25, 0.3) is 0 Å². The summed E-state index contributed by atoms with van der Waals surface area (Å²) in [7, 11) is 1.77. The van der Waals surface area contributed by atoms with Crippen LogP contribution in [-0.4, -0.2) is 24.5 Å². The molecule has 7 heteroatoms. The number of halogens is 2. The lowest BCUT2D eigenvalue weighted by atomic mass is 10.2. The number of benzene rings is 1. The van der Waals surface area contributed by atoms with Crippen molar-refractivity contribution in [2.75, 3.05) is 13.6 Å². The average molecular weight is 451 g/mol. The third-order valence-electron chi connectivity index (χ3n) is 2.94. The normalized spacial score (nSPS) is 11.0. The van der Waals surface area contributed by atoms with Crippen molar-refractivity contribution in [1.29, 1.82) is 0 Å². The van der Waals surface area contributed by atoms with E-state index in [1.807, 2.05) is 31.2 Å². The number of hydrogen-bond donors (Lipinski definition) is 2. The van der Waals surface area contributed by atoms with Gasteiger partial charge in [-0.2, -0.15) is 0 Å². The minimum atomic E-state index is 0. The van der Waals surface area contributed by atoms with E-state index in [1.165, 1.54) is 0 Å². The molecule has 1 aromatic heterocycles. The summed E-state index contributed by atoms with van der Waals surface area (Å²) in [6.45, 7) is 3.55. The van der Waals surface area contributed by atoms with Crippen molar-refractivity contribution >= 4 is 52.9 Å². The third kappa shape index (κ3) is 6.50. The van der Waals surface area contributed by atoms with Crippen LogP contribution in [0.15, 0.2) is 34.6 Å². The fourth-order valence-corrected chi connectivity index (χ4v) is 2.61. The lowest BCUT2D eigenvalue weighted by molar-refractivity contribution is 0.786. The molecule has 0 unspecified atom stereocenters. The van der Waals surface area contributed by atoms with E-state index in [0.29, 0.717) is 6.54 Å². The third-order valence-corrected chi connectivity index (χ3v) is 4.01. The molecule has 0 bridgehead atoms. The second kappa shape index (κ2) is 10.0. The number of nitrogens with one attached hydrogen (secondary N) is 2. The first-order valence-electron chi connectivity index (χ1n) is 6.77. The van der Waals surface area contributed by atoms with Crippen LogP contribution in [0.1, 0.15) is 16.3 Å². The first-order valence-corrected chi connectivity index (χ1v) is 8.03. The summed E-state index contributed by atoms with van der Waals surface area (Å²) in [6, 6.07) is 7.78. The Kier molecular flexibility index (Phi) is 8.74. The Morgan fingerprint density at radius 2 is 2.00 bits per heavy atom. The summed E-state index contributed by atoms with van der Waals surface area (Å²) in [5, 5.41) is 10.5. The highest BCUT2D eigenvalue weighted by molar-refractivity contribution is 14.0. The molecule has 1 aromatic carbocycles. The summed E-state index contributed by atoms with van der Waals surface area (Å²) in [5.41, 5.74) is 2.29. The maximum Gasteiger partial charge on any atom is 0.191 e. The van der Waals surface area contributed by atoms with E-state index in [0.717, 1.165) is 40.2 Å². The second-order valence-electron chi connectivity index (χ2n) is 4.59. The molecule has 2 N–H and O–H groups in total. The van der Waals surface area contributed by atoms with Crippen molar-refractivity contribution in [3.8, 4) is 0 Å². The molecular weight excluding hydrogens is 431 g/mol. The molecule has 0 spiro atoms. The molecule has 120 valence electrons. The van der Waals surface area contributed by atoms with Gasteiger partial charge in [0.05, 0.1) is 10.7 Å². The van der Waals surface area contributed by atoms with Crippen LogP contribution in [0, 0.1) is 6.92 Å². The molecule has 0 saturated heterocycles. The van der Waals surface area contributed by atoms with Crippen molar-refractivity contribution in [3.63, 3.8) is 0 Å². The van der Waals surface area contributed by atoms with Gasteiger partial charge in [0, 0.05) is 37.0 Å². The van der Waals surface area contributed by atoms with Crippen LogP contribution in [0.2, 0.25) is 5.02 Å². The molecule has 22 heavy (non-hydrogen) atoms. The first-order chi connectivity index (χ1) is 10.2. The molecule has 4 nitrogen and oxygen atoms in total. The monoisotopic (exact) mass is 450 g/mol. The van der Waals surface area contributed by atoms with Crippen molar-refractivity contribution in [2.45, 2.75) is 19.9 Å². The lowest BCUT2D eigenvalue weighted by Crippen LogP contribution is -2.37. The van der Waals surface area contributed by atoms with Crippen LogP contribution < -0.4 is 10.6 Å². The van der Waals surface area contributed by atoms with Gasteiger partial charge < -0.3 is 10.6 Å². The van der Waals surface area contributed by atoms with E-state index < -0.39 is 0 Å². The van der Waals surface area contributed by atoms with E-state index in [2.05, 4.69) is 26.0 Å². The molecule has 2 aromatic rings. The zero-order valence-corrected chi connectivity index (χ0v) is 16.5. The topological polar surface area (TPSA) is 49.3 Å². The Bertz CT molecular complexity index is 598. The summed E-state index contributed by atoms with van der Waals surface area (Å²) in [6.07, 6.45) is 0.895. The molecule has 0 atom stereocenters. The van der Waals surface area contributed by atoms with Crippen LogP contribution in [0.25, 0.3) is 0 Å². The molecule has 0 fully saturated rings. The van der Waals surface area contributed by atoms with E-state index in [4.69, 9.17) is 11.6 Å². The first kappa shape index (κ1) is 19.2. The van der Waals surface area contributed by atoms with Gasteiger partial charge in [-0.3, -0.25) is 4.99 Å². The van der Waals surface area contributed by atoms with Gasteiger partial charge >= 0.3 is 0 Å². The highest BCUT2D eigenvalue weighted by Crippen LogP contribution is 2.09. The molecule has 0 amide bonds. The van der Waals surface area contributed by atoms with Crippen LogP contribution in [0.5, 0.6) is 0 Å².